The maximum absolute atomic E-state index is 12.5. The Morgan fingerprint density at radius 1 is 0.784 bits per heavy atom. The minimum absolute atomic E-state index is 0.000712. The number of aryl methyl sites for hydroxylation is 1. The first-order chi connectivity index (χ1) is 35.1. The van der Waals surface area contributed by atoms with Crippen LogP contribution in [0.25, 0.3) is 37.7 Å². The SMILES string of the molecule is CCCOc1cc2cccc(S(=O)(=O)O)c2c2sc(N=Nc3cc(SCCCS(=O)(=O)O)c(N=Nc4cc(OCCCS(=O)(=O)O)c(N=Nc5c(C)c(C#N)c6nc7ccccc7n6c5O)cc4Cl)cc3C)nc12. The maximum Gasteiger partial charge on any atom is 0.295 e. The fourth-order valence-corrected chi connectivity index (χ4v) is 11.6. The van der Waals surface area contributed by atoms with E-state index in [1.165, 1.54) is 40.4 Å². The molecule has 0 saturated heterocycles. The van der Waals surface area contributed by atoms with Gasteiger partial charge in [-0.15, -0.1) is 42.4 Å². The van der Waals surface area contributed by atoms with Crippen molar-refractivity contribution < 1.29 is 53.5 Å². The van der Waals surface area contributed by atoms with E-state index in [4.69, 9.17) is 21.1 Å². The largest absolute Gasteiger partial charge is 0.493 e. The second-order valence-corrected chi connectivity index (χ2v) is 23.3. The van der Waals surface area contributed by atoms with E-state index in [1.54, 1.807) is 62.4 Å². The van der Waals surface area contributed by atoms with Gasteiger partial charge in [-0.2, -0.15) is 30.5 Å². The molecule has 22 nitrogen and oxygen atoms in total. The predicted octanol–water partition coefficient (Wildman–Crippen LogP) is 12.4. The third kappa shape index (κ3) is 12.1. The Hall–Kier alpha value is -6.74. The highest BCUT2D eigenvalue weighted by Crippen LogP contribution is 2.46. The van der Waals surface area contributed by atoms with Crippen molar-refractivity contribution in [2.45, 2.75) is 49.8 Å². The van der Waals surface area contributed by atoms with E-state index in [0.717, 1.165) is 11.3 Å². The highest BCUT2D eigenvalue weighted by molar-refractivity contribution is 7.99. The molecule has 0 unspecified atom stereocenters. The highest BCUT2D eigenvalue weighted by atomic mass is 35.5. The molecular weight excluding hydrogens is 1080 g/mol. The highest BCUT2D eigenvalue weighted by Gasteiger charge is 2.24. The number of hydrogen-bond donors (Lipinski definition) is 4. The van der Waals surface area contributed by atoms with Crippen molar-refractivity contribution in [3.63, 3.8) is 0 Å². The van der Waals surface area contributed by atoms with Crippen molar-refractivity contribution in [3.8, 4) is 23.4 Å². The molecule has 384 valence electrons. The standard InChI is InChI=1S/C46H41ClN10O12S5/c1-4-14-68-37-20-27-10-7-13-39(74(65,66)67)40(27)43-42(37)50-46(71-43)56-51-31-23-38(70-16-9-18-73(62,63)64)34(19-25(31)2)54-52-32-22-36(69-15-8-17-72(59,60)61)33(21-29(32)47)53-55-41-26(3)28(24-48)44-49-30-11-5-6-12-35(30)57(44)45(41)58/h5-7,10-13,19-23,58H,4,8-9,14-18H2,1-3H3,(H,59,60,61)(H,62,63,64)(H,65,66,67). The van der Waals surface area contributed by atoms with E-state index in [-0.39, 0.29) is 96.8 Å². The number of nitrogens with zero attached hydrogens (tertiary/aromatic N) is 10. The second kappa shape index (κ2) is 22.0. The van der Waals surface area contributed by atoms with E-state index in [9.17, 15) is 49.3 Å². The predicted molar refractivity (Wildman–Crippen MR) is 280 cm³/mol. The van der Waals surface area contributed by atoms with Gasteiger partial charge in [0.05, 0.1) is 56.9 Å². The molecule has 0 spiro atoms. The maximum atomic E-state index is 12.5. The van der Waals surface area contributed by atoms with Gasteiger partial charge in [0.25, 0.3) is 30.4 Å². The number of ether oxygens (including phenoxy) is 2. The zero-order valence-corrected chi connectivity index (χ0v) is 43.9. The molecule has 74 heavy (non-hydrogen) atoms. The minimum Gasteiger partial charge on any atom is -0.493 e. The minimum atomic E-state index is -4.64. The van der Waals surface area contributed by atoms with Crippen LogP contribution in [0, 0.1) is 25.2 Å². The van der Waals surface area contributed by atoms with Gasteiger partial charge in [-0.3, -0.25) is 18.1 Å². The molecule has 0 atom stereocenters. The third-order valence-corrected chi connectivity index (χ3v) is 15.8. The molecule has 5 aromatic carbocycles. The van der Waals surface area contributed by atoms with Gasteiger partial charge in [-0.25, -0.2) is 9.97 Å². The first-order valence-corrected chi connectivity index (χ1v) is 28.9. The number of nitriles is 1. The number of para-hydroxylation sites is 2. The average Bonchev–Trinajstić information content (AvgIpc) is 3.95. The van der Waals surface area contributed by atoms with Gasteiger partial charge < -0.3 is 14.6 Å². The van der Waals surface area contributed by atoms with E-state index in [1.807, 2.05) is 6.92 Å². The van der Waals surface area contributed by atoms with Crippen LogP contribution in [0.5, 0.6) is 17.4 Å². The molecule has 0 aliphatic rings. The van der Waals surface area contributed by atoms with Gasteiger partial charge in [0, 0.05) is 21.9 Å². The Bertz CT molecular complexity index is 4030. The number of aromatic nitrogens is 3. The summed E-state index contributed by atoms with van der Waals surface area (Å²) in [6.07, 6.45) is 0.602. The molecule has 8 rings (SSSR count). The number of halogens is 1. The Morgan fingerprint density at radius 2 is 1.49 bits per heavy atom. The van der Waals surface area contributed by atoms with Crippen LogP contribution in [0.15, 0.2) is 113 Å². The lowest BCUT2D eigenvalue weighted by atomic mass is 10.1. The molecule has 3 aromatic heterocycles. The van der Waals surface area contributed by atoms with Crippen LogP contribution in [0.1, 0.15) is 42.9 Å². The number of imidazole rings is 1. The summed E-state index contributed by atoms with van der Waals surface area (Å²) in [6.45, 7) is 5.33. The molecule has 4 N–H and O–H groups in total. The molecule has 3 heterocycles. The average molecular weight is 1120 g/mol. The van der Waals surface area contributed by atoms with Crippen molar-refractivity contribution in [2.75, 3.05) is 30.5 Å². The zero-order valence-electron chi connectivity index (χ0n) is 39.0. The first-order valence-electron chi connectivity index (χ1n) is 22.0. The van der Waals surface area contributed by atoms with Gasteiger partial charge >= 0.3 is 0 Å². The normalized spacial score (nSPS) is 12.7. The molecule has 0 aliphatic carbocycles. The summed E-state index contributed by atoms with van der Waals surface area (Å²) in [7, 11) is -13.2. The van der Waals surface area contributed by atoms with Crippen LogP contribution < -0.4 is 9.47 Å². The molecule has 28 heteroatoms. The molecule has 0 saturated carbocycles. The molecule has 8 aromatic rings. The summed E-state index contributed by atoms with van der Waals surface area (Å²) in [5.41, 5.74) is 3.09. The number of azo groups is 3. The molecule has 0 aliphatic heterocycles. The molecular formula is C46H41ClN10O12S5. The number of fused-ring (bicyclic) bond motifs is 6. The van der Waals surface area contributed by atoms with E-state index >= 15 is 0 Å². The summed E-state index contributed by atoms with van der Waals surface area (Å²) in [5.74, 6) is -0.916. The fraction of sp³-hybridized carbons (Fsp3) is 0.239. The van der Waals surface area contributed by atoms with E-state index in [2.05, 4.69) is 46.7 Å². The van der Waals surface area contributed by atoms with E-state index in [0.29, 0.717) is 61.6 Å². The quantitative estimate of drug-likeness (QED) is 0.0238. The third-order valence-electron chi connectivity index (χ3n) is 10.9. The Morgan fingerprint density at radius 3 is 2.22 bits per heavy atom. The van der Waals surface area contributed by atoms with Crippen molar-refractivity contribution in [3.05, 3.63) is 94.5 Å². The smallest absolute Gasteiger partial charge is 0.295 e. The Labute approximate surface area is 435 Å². The fourth-order valence-electron chi connectivity index (χ4n) is 7.49. The van der Waals surface area contributed by atoms with E-state index < -0.39 is 41.9 Å². The lowest BCUT2D eigenvalue weighted by Crippen LogP contribution is -2.08. The summed E-state index contributed by atoms with van der Waals surface area (Å²) < 4.78 is 114. The topological polar surface area (TPSA) is 330 Å². The summed E-state index contributed by atoms with van der Waals surface area (Å²) >= 11 is 8.99. The van der Waals surface area contributed by atoms with Crippen LogP contribution in [0.2, 0.25) is 5.02 Å². The number of benzene rings is 5. The van der Waals surface area contributed by atoms with Crippen LogP contribution >= 0.6 is 34.7 Å². The summed E-state index contributed by atoms with van der Waals surface area (Å²) in [6, 6.07) is 21.2. The number of thiazole rings is 1. The summed E-state index contributed by atoms with van der Waals surface area (Å²) in [4.78, 5) is 9.28. The number of hydrogen-bond acceptors (Lipinski definition) is 20. The second-order valence-electron chi connectivity index (χ2n) is 16.2. The Balaban J connectivity index is 1.16. The van der Waals surface area contributed by atoms with Gasteiger partial charge in [-0.05, 0) is 92.3 Å². The van der Waals surface area contributed by atoms with Gasteiger partial charge in [0.15, 0.2) is 11.3 Å². The molecule has 0 bridgehead atoms. The monoisotopic (exact) mass is 1120 g/mol. The molecule has 0 amide bonds. The van der Waals surface area contributed by atoms with Crippen LogP contribution in [-0.2, 0) is 30.4 Å². The first kappa shape index (κ1) is 53.5. The van der Waals surface area contributed by atoms with Crippen molar-refractivity contribution in [1.82, 2.24) is 14.4 Å². The number of rotatable bonds is 20. The van der Waals surface area contributed by atoms with Crippen LogP contribution in [0.4, 0.5) is 33.6 Å². The lowest BCUT2D eigenvalue weighted by molar-refractivity contribution is 0.317. The van der Waals surface area contributed by atoms with Crippen molar-refractivity contribution in [1.29, 1.82) is 5.26 Å². The molecule has 0 fully saturated rings. The van der Waals surface area contributed by atoms with Crippen LogP contribution in [-0.4, -0.2) is 88.9 Å². The number of pyridine rings is 1. The number of thioether (sulfide) groups is 1. The molecule has 0 radical (unpaired) electrons. The van der Waals surface area contributed by atoms with Gasteiger partial charge in [-0.1, -0.05) is 54.1 Å². The van der Waals surface area contributed by atoms with Crippen LogP contribution in [0.3, 0.4) is 0 Å². The number of aromatic hydroxyl groups is 1. The summed E-state index contributed by atoms with van der Waals surface area (Å²) in [5, 5.41) is 48.8. The van der Waals surface area contributed by atoms with Crippen molar-refractivity contribution in [2.24, 2.45) is 30.7 Å². The zero-order chi connectivity index (χ0) is 53.1. The van der Waals surface area contributed by atoms with Crippen molar-refractivity contribution >= 4 is 136 Å². The van der Waals surface area contributed by atoms with Gasteiger partial charge in [0.2, 0.25) is 11.0 Å². The lowest BCUT2D eigenvalue weighted by Gasteiger charge is -2.12. The van der Waals surface area contributed by atoms with Gasteiger partial charge in [0.1, 0.15) is 44.9 Å². The Kier molecular flexibility index (Phi) is 15.9.